The van der Waals surface area contributed by atoms with E-state index in [1.165, 1.54) is 4.57 Å². The van der Waals surface area contributed by atoms with Crippen molar-refractivity contribution in [1.29, 1.82) is 0 Å². The number of nitrogens with zero attached hydrogens (tertiary/aromatic N) is 2. The van der Waals surface area contributed by atoms with Crippen LogP contribution in [0.1, 0.15) is 22.8 Å². The van der Waals surface area contributed by atoms with Gasteiger partial charge in [-0.25, -0.2) is 4.98 Å². The summed E-state index contributed by atoms with van der Waals surface area (Å²) in [5, 5.41) is 3.27. The van der Waals surface area contributed by atoms with Gasteiger partial charge in [0, 0.05) is 18.3 Å². The molecule has 1 aromatic carbocycles. The third kappa shape index (κ3) is 2.85. The van der Waals surface area contributed by atoms with E-state index in [2.05, 4.69) is 15.3 Å². The van der Waals surface area contributed by atoms with Crippen LogP contribution in [0.3, 0.4) is 0 Å². The van der Waals surface area contributed by atoms with Crippen LogP contribution in [0.4, 0.5) is 5.82 Å². The Bertz CT molecular complexity index is 1050. The molecule has 0 aliphatic carbocycles. The highest BCUT2D eigenvalue weighted by Gasteiger charge is 2.11. The van der Waals surface area contributed by atoms with Crippen molar-refractivity contribution in [2.24, 2.45) is 0 Å². The second kappa shape index (κ2) is 6.37. The van der Waals surface area contributed by atoms with Crippen LogP contribution in [0.2, 0.25) is 0 Å². The number of amides is 1. The van der Waals surface area contributed by atoms with E-state index in [0.29, 0.717) is 33.6 Å². The molecule has 0 spiro atoms. The summed E-state index contributed by atoms with van der Waals surface area (Å²) in [7, 11) is 0. The van der Waals surface area contributed by atoms with Gasteiger partial charge >= 0.3 is 0 Å². The van der Waals surface area contributed by atoms with Gasteiger partial charge in [-0.2, -0.15) is 0 Å². The number of anilines is 1. The average molecular weight is 340 g/mol. The Balaban J connectivity index is 2.02. The molecule has 6 nitrogen and oxygen atoms in total. The van der Waals surface area contributed by atoms with Crippen molar-refractivity contribution >= 4 is 34.8 Å². The number of hydrogen-bond acceptors (Lipinski definition) is 4. The highest BCUT2D eigenvalue weighted by atomic mass is 32.1. The molecule has 0 saturated carbocycles. The maximum atomic E-state index is 12.4. The van der Waals surface area contributed by atoms with Crippen LogP contribution in [0.25, 0.3) is 10.9 Å². The summed E-state index contributed by atoms with van der Waals surface area (Å²) >= 11 is 5.19. The molecule has 0 saturated heterocycles. The number of aromatic amines is 1. The standard InChI is InChI=1S/C17H16N4O2S/c1-3-21-16(23)12-7-6-11(9-13(12)19-17(21)24)15(22)20-14-10(2)5-4-8-18-14/h4-9H,3H2,1-2H3,(H,19,24)(H,18,20,22). The quantitative estimate of drug-likeness (QED) is 0.718. The maximum absolute atomic E-state index is 12.4. The van der Waals surface area contributed by atoms with E-state index in [-0.39, 0.29) is 11.5 Å². The number of fused-ring (bicyclic) bond motifs is 1. The first kappa shape index (κ1) is 16.1. The lowest BCUT2D eigenvalue weighted by atomic mass is 10.1. The van der Waals surface area contributed by atoms with Gasteiger partial charge in [0.2, 0.25) is 0 Å². The lowest BCUT2D eigenvalue weighted by Crippen LogP contribution is -2.21. The summed E-state index contributed by atoms with van der Waals surface area (Å²) < 4.78 is 1.82. The number of nitrogens with one attached hydrogen (secondary N) is 2. The zero-order valence-electron chi connectivity index (χ0n) is 13.3. The van der Waals surface area contributed by atoms with Crippen LogP contribution < -0.4 is 10.9 Å². The number of carbonyl (C=O) groups excluding carboxylic acids is 1. The number of pyridine rings is 1. The number of hydrogen-bond donors (Lipinski definition) is 2. The predicted octanol–water partition coefficient (Wildman–Crippen LogP) is 3.03. The minimum Gasteiger partial charge on any atom is -0.332 e. The van der Waals surface area contributed by atoms with Crippen molar-refractivity contribution < 1.29 is 4.79 Å². The van der Waals surface area contributed by atoms with Crippen LogP contribution in [0.15, 0.2) is 41.3 Å². The number of rotatable bonds is 3. The van der Waals surface area contributed by atoms with Crippen LogP contribution in [-0.4, -0.2) is 20.4 Å². The Morgan fingerprint density at radius 1 is 1.38 bits per heavy atom. The number of aromatic nitrogens is 3. The predicted molar refractivity (Wildman–Crippen MR) is 96.0 cm³/mol. The van der Waals surface area contributed by atoms with Gasteiger partial charge in [-0.3, -0.25) is 14.2 Å². The lowest BCUT2D eigenvalue weighted by molar-refractivity contribution is 0.102. The van der Waals surface area contributed by atoms with Gasteiger partial charge in [0.05, 0.1) is 10.9 Å². The largest absolute Gasteiger partial charge is 0.332 e. The first-order chi connectivity index (χ1) is 11.5. The summed E-state index contributed by atoms with van der Waals surface area (Å²) in [6.07, 6.45) is 1.62. The molecule has 0 atom stereocenters. The van der Waals surface area contributed by atoms with Crippen LogP contribution in [0, 0.1) is 11.7 Å². The topological polar surface area (TPSA) is 79.8 Å². The molecule has 3 rings (SSSR count). The average Bonchev–Trinajstić information content (AvgIpc) is 2.56. The molecule has 0 radical (unpaired) electrons. The Kier molecular flexibility index (Phi) is 4.26. The van der Waals surface area contributed by atoms with E-state index in [0.717, 1.165) is 5.56 Å². The number of H-pyrrole nitrogens is 1. The fourth-order valence-corrected chi connectivity index (χ4v) is 2.80. The van der Waals surface area contributed by atoms with Crippen LogP contribution >= 0.6 is 12.2 Å². The minimum atomic E-state index is -0.294. The SMILES string of the molecule is CCn1c(=S)[nH]c2cc(C(=O)Nc3ncccc3C)ccc2c1=O. The molecule has 0 bridgehead atoms. The molecule has 0 aliphatic rings. The fraction of sp³-hybridized carbons (Fsp3) is 0.176. The van der Waals surface area contributed by atoms with Crippen molar-refractivity contribution in [2.45, 2.75) is 20.4 Å². The van der Waals surface area contributed by atoms with Crippen LogP contribution in [0.5, 0.6) is 0 Å². The van der Waals surface area contributed by atoms with Crippen molar-refractivity contribution in [3.8, 4) is 0 Å². The highest BCUT2D eigenvalue weighted by Crippen LogP contribution is 2.14. The Labute approximate surface area is 143 Å². The van der Waals surface area contributed by atoms with Crippen LogP contribution in [-0.2, 0) is 6.54 Å². The van der Waals surface area contributed by atoms with Gasteiger partial charge in [-0.1, -0.05) is 6.07 Å². The second-order valence-corrected chi connectivity index (χ2v) is 5.75. The zero-order valence-corrected chi connectivity index (χ0v) is 14.1. The Hall–Kier alpha value is -2.80. The number of carbonyl (C=O) groups is 1. The van der Waals surface area contributed by atoms with E-state index in [9.17, 15) is 9.59 Å². The molecular weight excluding hydrogens is 324 g/mol. The molecule has 2 N–H and O–H groups in total. The second-order valence-electron chi connectivity index (χ2n) is 5.36. The van der Waals surface area contributed by atoms with Crippen molar-refractivity contribution in [3.05, 3.63) is 62.8 Å². The molecule has 24 heavy (non-hydrogen) atoms. The monoisotopic (exact) mass is 340 g/mol. The summed E-state index contributed by atoms with van der Waals surface area (Å²) in [6, 6.07) is 8.55. The zero-order chi connectivity index (χ0) is 17.3. The van der Waals surface area contributed by atoms with E-state index in [4.69, 9.17) is 12.2 Å². The summed E-state index contributed by atoms with van der Waals surface area (Å²) in [6.45, 7) is 4.21. The summed E-state index contributed by atoms with van der Waals surface area (Å²) in [4.78, 5) is 31.9. The van der Waals surface area contributed by atoms with Crippen molar-refractivity contribution in [1.82, 2.24) is 14.5 Å². The smallest absolute Gasteiger partial charge is 0.262 e. The van der Waals surface area contributed by atoms with E-state index >= 15 is 0 Å². The molecule has 2 heterocycles. The normalized spacial score (nSPS) is 10.8. The molecule has 0 fully saturated rings. The van der Waals surface area contributed by atoms with E-state index in [1.54, 1.807) is 30.5 Å². The minimum absolute atomic E-state index is 0.163. The Morgan fingerprint density at radius 2 is 2.17 bits per heavy atom. The van der Waals surface area contributed by atoms with E-state index in [1.807, 2.05) is 19.9 Å². The first-order valence-electron chi connectivity index (χ1n) is 7.51. The number of benzene rings is 1. The lowest BCUT2D eigenvalue weighted by Gasteiger charge is -2.09. The molecule has 3 aromatic rings. The molecule has 122 valence electrons. The number of aryl methyl sites for hydroxylation is 1. The Morgan fingerprint density at radius 3 is 2.88 bits per heavy atom. The summed E-state index contributed by atoms with van der Waals surface area (Å²) in [5.41, 5.74) is 1.67. The molecule has 2 aromatic heterocycles. The maximum Gasteiger partial charge on any atom is 0.262 e. The third-order valence-electron chi connectivity index (χ3n) is 3.80. The van der Waals surface area contributed by atoms with Gasteiger partial charge in [0.1, 0.15) is 5.82 Å². The summed E-state index contributed by atoms with van der Waals surface area (Å²) in [5.74, 6) is 0.217. The van der Waals surface area contributed by atoms with Gasteiger partial charge in [0.15, 0.2) is 4.77 Å². The van der Waals surface area contributed by atoms with Crippen molar-refractivity contribution in [3.63, 3.8) is 0 Å². The molecule has 0 aliphatic heterocycles. The molecule has 1 amide bonds. The molecule has 7 heteroatoms. The van der Waals surface area contributed by atoms with Gasteiger partial charge in [0.25, 0.3) is 11.5 Å². The fourth-order valence-electron chi connectivity index (χ4n) is 2.48. The van der Waals surface area contributed by atoms with Gasteiger partial charge in [-0.05, 0) is 55.9 Å². The first-order valence-corrected chi connectivity index (χ1v) is 7.92. The van der Waals surface area contributed by atoms with E-state index < -0.39 is 0 Å². The highest BCUT2D eigenvalue weighted by molar-refractivity contribution is 7.71. The van der Waals surface area contributed by atoms with Gasteiger partial charge in [-0.15, -0.1) is 0 Å². The van der Waals surface area contributed by atoms with Gasteiger partial charge < -0.3 is 10.3 Å². The third-order valence-corrected chi connectivity index (χ3v) is 4.12. The molecular formula is C17H16N4O2S. The molecule has 0 unspecified atom stereocenters. The van der Waals surface area contributed by atoms with Crippen molar-refractivity contribution in [2.75, 3.05) is 5.32 Å².